The van der Waals surface area contributed by atoms with Gasteiger partial charge in [0.05, 0.1) is 11.1 Å². The molecule has 0 saturated heterocycles. The predicted octanol–water partition coefficient (Wildman–Crippen LogP) is 6.11. The third-order valence-electron chi connectivity index (χ3n) is 4.97. The van der Waals surface area contributed by atoms with Crippen LogP contribution in [0.15, 0.2) is 48.5 Å². The van der Waals surface area contributed by atoms with Gasteiger partial charge in [-0.1, -0.05) is 26.0 Å². The molecule has 0 fully saturated rings. The van der Waals surface area contributed by atoms with Crippen LogP contribution in [-0.4, -0.2) is 11.8 Å². The molecule has 2 N–H and O–H groups in total. The molecule has 0 aliphatic carbocycles. The molecular formula is C21H20F6N2O2. The summed E-state index contributed by atoms with van der Waals surface area (Å²) in [5.41, 5.74) is -3.96. The molecule has 0 aliphatic rings. The summed E-state index contributed by atoms with van der Waals surface area (Å²) in [7, 11) is 0. The van der Waals surface area contributed by atoms with Crippen LogP contribution in [0, 0.1) is 5.41 Å². The first-order chi connectivity index (χ1) is 14.3. The molecule has 0 spiro atoms. The lowest BCUT2D eigenvalue weighted by Crippen LogP contribution is -2.45. The summed E-state index contributed by atoms with van der Waals surface area (Å²) in [4.78, 5) is 25.8. The van der Waals surface area contributed by atoms with Crippen LogP contribution >= 0.6 is 0 Å². The largest absolute Gasteiger partial charge is 0.416 e. The quantitative estimate of drug-likeness (QED) is 0.416. The summed E-state index contributed by atoms with van der Waals surface area (Å²) in [5, 5.41) is 4.64. The molecule has 0 unspecified atom stereocenters. The fraction of sp³-hybridized carbons (Fsp3) is 0.333. The fourth-order valence-corrected chi connectivity index (χ4v) is 3.04. The van der Waals surface area contributed by atoms with Gasteiger partial charge in [-0.05, 0) is 49.2 Å². The van der Waals surface area contributed by atoms with Crippen molar-refractivity contribution in [1.82, 2.24) is 0 Å². The average molecular weight is 446 g/mol. The van der Waals surface area contributed by atoms with Gasteiger partial charge in [0.25, 0.3) is 0 Å². The zero-order valence-corrected chi connectivity index (χ0v) is 16.6. The summed E-state index contributed by atoms with van der Waals surface area (Å²) in [5.74, 6) is -1.72. The van der Waals surface area contributed by atoms with E-state index in [0.29, 0.717) is 0 Å². The van der Waals surface area contributed by atoms with Crippen LogP contribution in [0.5, 0.6) is 0 Å². The van der Waals surface area contributed by atoms with Crippen LogP contribution in [-0.2, 0) is 21.9 Å². The molecule has 2 rings (SSSR count). The fourth-order valence-electron chi connectivity index (χ4n) is 3.04. The van der Waals surface area contributed by atoms with Gasteiger partial charge < -0.3 is 10.6 Å². The number of amides is 2. The highest BCUT2D eigenvalue weighted by molar-refractivity contribution is 6.14. The van der Waals surface area contributed by atoms with Crippen molar-refractivity contribution >= 4 is 23.2 Å². The van der Waals surface area contributed by atoms with Gasteiger partial charge >= 0.3 is 12.4 Å². The lowest BCUT2D eigenvalue weighted by atomic mass is 9.80. The van der Waals surface area contributed by atoms with Crippen molar-refractivity contribution in [2.75, 3.05) is 10.6 Å². The molecule has 0 heterocycles. The first-order valence-corrected chi connectivity index (χ1v) is 9.31. The van der Waals surface area contributed by atoms with Crippen molar-refractivity contribution in [3.63, 3.8) is 0 Å². The Balaban J connectivity index is 2.28. The summed E-state index contributed by atoms with van der Waals surface area (Å²) < 4.78 is 77.4. The molecule has 2 aromatic rings. The van der Waals surface area contributed by atoms with Gasteiger partial charge in [0, 0.05) is 11.4 Å². The third-order valence-corrected chi connectivity index (χ3v) is 4.97. The van der Waals surface area contributed by atoms with E-state index < -0.39 is 40.7 Å². The maximum Gasteiger partial charge on any atom is 0.416 e. The number of carbonyl (C=O) groups is 2. The first kappa shape index (κ1) is 24.2. The van der Waals surface area contributed by atoms with Gasteiger partial charge in [-0.15, -0.1) is 0 Å². The summed E-state index contributed by atoms with van der Waals surface area (Å²) >= 11 is 0. The average Bonchev–Trinajstić information content (AvgIpc) is 2.68. The molecular weight excluding hydrogens is 426 g/mol. The number of hydrogen-bond donors (Lipinski definition) is 2. The van der Waals surface area contributed by atoms with E-state index >= 15 is 0 Å². The molecule has 0 atom stereocenters. The van der Waals surface area contributed by atoms with E-state index in [4.69, 9.17) is 0 Å². The summed E-state index contributed by atoms with van der Waals surface area (Å²) in [6.45, 7) is 3.06. The maximum atomic E-state index is 12.9. The number of benzene rings is 2. The highest BCUT2D eigenvalue weighted by Crippen LogP contribution is 2.34. The van der Waals surface area contributed by atoms with Gasteiger partial charge in [-0.2, -0.15) is 26.3 Å². The number of carbonyl (C=O) groups excluding carboxylic acids is 2. The van der Waals surface area contributed by atoms with Crippen molar-refractivity contribution in [2.45, 2.75) is 39.0 Å². The monoisotopic (exact) mass is 446 g/mol. The Morgan fingerprint density at radius 1 is 0.710 bits per heavy atom. The molecule has 31 heavy (non-hydrogen) atoms. The van der Waals surface area contributed by atoms with Gasteiger partial charge in [0.1, 0.15) is 5.41 Å². The summed E-state index contributed by atoms with van der Waals surface area (Å²) in [6, 6.07) is 7.85. The van der Waals surface area contributed by atoms with Crippen molar-refractivity contribution < 1.29 is 35.9 Å². The van der Waals surface area contributed by atoms with Crippen LogP contribution < -0.4 is 10.6 Å². The number of nitrogens with one attached hydrogen (secondary N) is 2. The molecule has 10 heteroatoms. The Labute approximate surface area is 174 Å². The lowest BCUT2D eigenvalue weighted by molar-refractivity contribution is -0.139. The molecule has 4 nitrogen and oxygen atoms in total. The molecule has 0 radical (unpaired) electrons. The van der Waals surface area contributed by atoms with Crippen molar-refractivity contribution in [1.29, 1.82) is 0 Å². The van der Waals surface area contributed by atoms with E-state index in [1.54, 1.807) is 0 Å². The zero-order chi connectivity index (χ0) is 23.4. The first-order valence-electron chi connectivity index (χ1n) is 9.31. The second kappa shape index (κ2) is 8.99. The van der Waals surface area contributed by atoms with Gasteiger partial charge in [-0.3, -0.25) is 9.59 Å². The number of hydrogen-bond acceptors (Lipinski definition) is 2. The number of rotatable bonds is 6. The summed E-state index contributed by atoms with van der Waals surface area (Å²) in [6.07, 6.45) is -9.29. The second-order valence-electron chi connectivity index (χ2n) is 6.85. The van der Waals surface area contributed by atoms with Gasteiger partial charge in [0.15, 0.2) is 0 Å². The highest BCUT2D eigenvalue weighted by atomic mass is 19.4. The van der Waals surface area contributed by atoms with Crippen molar-refractivity contribution in [3.8, 4) is 0 Å². The minimum atomic E-state index is -4.62. The smallest absolute Gasteiger partial charge is 0.325 e. The van der Waals surface area contributed by atoms with E-state index in [-0.39, 0.29) is 24.2 Å². The molecule has 0 bridgehead atoms. The molecule has 2 amide bonds. The Kier molecular flexibility index (Phi) is 7.03. The van der Waals surface area contributed by atoms with Crippen LogP contribution in [0.3, 0.4) is 0 Å². The van der Waals surface area contributed by atoms with Gasteiger partial charge in [-0.25, -0.2) is 0 Å². The Morgan fingerprint density at radius 3 is 1.35 bits per heavy atom. The minimum absolute atomic E-state index is 0.0287. The van der Waals surface area contributed by atoms with Crippen LogP contribution in [0.2, 0.25) is 0 Å². The molecule has 168 valence electrons. The van der Waals surface area contributed by atoms with Crippen molar-refractivity contribution in [3.05, 3.63) is 59.7 Å². The number of anilines is 2. The van der Waals surface area contributed by atoms with Crippen LogP contribution in [0.4, 0.5) is 37.7 Å². The van der Waals surface area contributed by atoms with E-state index in [1.165, 1.54) is 26.0 Å². The standard InChI is InChI=1S/C21H20F6N2O2/c1-3-19(4-2,17(30)28-15-9-5-7-13(11-15)20(22,23)24)18(31)29-16-10-6-8-14(12-16)21(25,26)27/h5-12H,3-4H2,1-2H3,(H,28,30)(H,29,31). The number of halogens is 6. The van der Waals surface area contributed by atoms with Crippen molar-refractivity contribution in [2.24, 2.45) is 5.41 Å². The molecule has 0 aliphatic heterocycles. The van der Waals surface area contributed by atoms with Crippen LogP contribution in [0.25, 0.3) is 0 Å². The molecule has 2 aromatic carbocycles. The SMILES string of the molecule is CCC(CC)(C(=O)Nc1cccc(C(F)(F)F)c1)C(=O)Nc1cccc(C(F)(F)F)c1. The van der Waals surface area contributed by atoms with E-state index in [0.717, 1.165) is 36.4 Å². The third kappa shape index (κ3) is 5.56. The molecule has 0 saturated carbocycles. The zero-order valence-electron chi connectivity index (χ0n) is 16.6. The van der Waals surface area contributed by atoms with E-state index in [9.17, 15) is 35.9 Å². The Morgan fingerprint density at radius 2 is 1.06 bits per heavy atom. The maximum absolute atomic E-state index is 12.9. The van der Waals surface area contributed by atoms with E-state index in [2.05, 4.69) is 10.6 Å². The topological polar surface area (TPSA) is 58.2 Å². The number of alkyl halides is 6. The normalized spacial score (nSPS) is 12.4. The predicted molar refractivity (Wildman–Crippen MR) is 103 cm³/mol. The van der Waals surface area contributed by atoms with E-state index in [1.807, 2.05) is 0 Å². The minimum Gasteiger partial charge on any atom is -0.325 e. The van der Waals surface area contributed by atoms with Gasteiger partial charge in [0.2, 0.25) is 11.8 Å². The second-order valence-corrected chi connectivity index (χ2v) is 6.85. The molecule has 0 aromatic heterocycles. The Hall–Kier alpha value is -3.04. The Bertz CT molecular complexity index is 876. The highest BCUT2D eigenvalue weighted by Gasteiger charge is 2.43. The van der Waals surface area contributed by atoms with Crippen LogP contribution in [0.1, 0.15) is 37.8 Å². The lowest BCUT2D eigenvalue weighted by Gasteiger charge is -2.29.